The first-order valence-electron chi connectivity index (χ1n) is 12.7. The molecule has 0 amide bonds. The summed E-state index contributed by atoms with van der Waals surface area (Å²) < 4.78 is 30.7. The zero-order chi connectivity index (χ0) is 28.8. The largest absolute Gasteiger partial charge is 0.493 e. The number of nitrogens with zero attached hydrogens (tertiary/aromatic N) is 2. The van der Waals surface area contributed by atoms with E-state index < -0.39 is 12.0 Å². The van der Waals surface area contributed by atoms with Crippen LogP contribution in [0.2, 0.25) is 0 Å². The minimum Gasteiger partial charge on any atom is -0.493 e. The predicted octanol–water partition coefficient (Wildman–Crippen LogP) is 3.99. The maximum Gasteiger partial charge on any atom is 0.338 e. The van der Waals surface area contributed by atoms with Crippen LogP contribution in [0.4, 0.5) is 0 Å². The molecule has 0 spiro atoms. The number of allylic oxidation sites excluding steroid dienone is 1. The molecule has 0 fully saturated rings. The number of para-hydroxylation sites is 1. The van der Waals surface area contributed by atoms with Crippen molar-refractivity contribution in [1.82, 2.24) is 4.57 Å². The SMILES string of the molecule is CCOc1ccc(Br)cc1/C=c1/sc2n(c1=O)[C@H](c1cccc(OC)c1OCC)C(C(=O)OCCOC)=C(C)N=2. The number of halogens is 1. The minimum absolute atomic E-state index is 0.0583. The molecule has 4 rings (SSSR count). The molecule has 1 atom stereocenters. The number of esters is 1. The molecular formula is C29H31BrN2O7S. The standard InChI is InChI=1S/C29H31BrN2O7S/c1-6-37-21-12-11-19(30)15-18(21)16-23-27(33)32-25(20-9-8-10-22(36-5)26(20)38-7-2)24(17(3)31-29(32)40-23)28(34)39-14-13-35-4/h8-12,15-16,25H,6-7,13-14H2,1-5H3/b23-16+/t25-/m1/s1. The molecular weight excluding hydrogens is 600 g/mol. The van der Waals surface area contributed by atoms with Gasteiger partial charge in [-0.25, -0.2) is 9.79 Å². The highest BCUT2D eigenvalue weighted by molar-refractivity contribution is 9.10. The molecule has 0 saturated carbocycles. The second-order valence-corrected chi connectivity index (χ2v) is 10.6. The molecule has 40 heavy (non-hydrogen) atoms. The van der Waals surface area contributed by atoms with Crippen LogP contribution in [-0.2, 0) is 14.3 Å². The zero-order valence-electron chi connectivity index (χ0n) is 23.0. The molecule has 0 saturated heterocycles. The van der Waals surface area contributed by atoms with Gasteiger partial charge in [0.2, 0.25) is 0 Å². The molecule has 0 N–H and O–H groups in total. The van der Waals surface area contributed by atoms with Crippen molar-refractivity contribution in [3.05, 3.63) is 83.0 Å². The molecule has 11 heteroatoms. The summed E-state index contributed by atoms with van der Waals surface area (Å²) in [6.45, 7) is 6.63. The fraction of sp³-hybridized carbons (Fsp3) is 0.345. The monoisotopic (exact) mass is 630 g/mol. The minimum atomic E-state index is -0.862. The molecule has 2 heterocycles. The van der Waals surface area contributed by atoms with Gasteiger partial charge in [0.15, 0.2) is 16.3 Å². The van der Waals surface area contributed by atoms with Crippen LogP contribution in [0.1, 0.15) is 37.9 Å². The Labute approximate surface area is 244 Å². The first-order valence-corrected chi connectivity index (χ1v) is 14.4. The molecule has 0 unspecified atom stereocenters. The van der Waals surface area contributed by atoms with E-state index in [0.717, 1.165) is 10.0 Å². The van der Waals surface area contributed by atoms with Crippen molar-refractivity contribution in [2.24, 2.45) is 4.99 Å². The van der Waals surface area contributed by atoms with Crippen molar-refractivity contribution in [2.45, 2.75) is 26.8 Å². The lowest BCUT2D eigenvalue weighted by molar-refractivity contribution is -0.140. The van der Waals surface area contributed by atoms with Crippen molar-refractivity contribution in [3.8, 4) is 17.2 Å². The number of methoxy groups -OCH3 is 2. The fourth-order valence-electron chi connectivity index (χ4n) is 4.44. The normalized spacial score (nSPS) is 14.9. The van der Waals surface area contributed by atoms with Crippen molar-refractivity contribution in [3.63, 3.8) is 0 Å². The van der Waals surface area contributed by atoms with Crippen molar-refractivity contribution >= 4 is 39.3 Å². The first kappa shape index (κ1) is 29.6. The summed E-state index contributed by atoms with van der Waals surface area (Å²) >= 11 is 4.74. The molecule has 3 aromatic rings. The smallest absolute Gasteiger partial charge is 0.338 e. The second kappa shape index (κ2) is 13.3. The summed E-state index contributed by atoms with van der Waals surface area (Å²) in [4.78, 5) is 32.6. The summed E-state index contributed by atoms with van der Waals surface area (Å²) in [6, 6.07) is 10.1. The van der Waals surface area contributed by atoms with E-state index in [1.807, 2.05) is 38.1 Å². The van der Waals surface area contributed by atoms with E-state index in [0.29, 0.717) is 51.1 Å². The van der Waals surface area contributed by atoms with Crippen molar-refractivity contribution < 1.29 is 28.5 Å². The van der Waals surface area contributed by atoms with E-state index >= 15 is 0 Å². The van der Waals surface area contributed by atoms with Gasteiger partial charge in [-0.2, -0.15) is 0 Å². The third kappa shape index (κ3) is 6.01. The van der Waals surface area contributed by atoms with Crippen LogP contribution in [0.5, 0.6) is 17.2 Å². The van der Waals surface area contributed by atoms with Gasteiger partial charge in [-0.1, -0.05) is 39.4 Å². The van der Waals surface area contributed by atoms with Crippen LogP contribution < -0.4 is 29.1 Å². The molecule has 0 radical (unpaired) electrons. The lowest BCUT2D eigenvalue weighted by Crippen LogP contribution is -2.40. The van der Waals surface area contributed by atoms with Gasteiger partial charge in [0.05, 0.1) is 42.7 Å². The Kier molecular flexibility index (Phi) is 9.83. The Morgan fingerprint density at radius 3 is 2.58 bits per heavy atom. The van der Waals surface area contributed by atoms with Crippen LogP contribution in [-0.4, -0.2) is 51.2 Å². The zero-order valence-corrected chi connectivity index (χ0v) is 25.4. The molecule has 9 nitrogen and oxygen atoms in total. The summed E-state index contributed by atoms with van der Waals surface area (Å²) in [5, 5.41) is 0. The number of aromatic nitrogens is 1. The summed E-state index contributed by atoms with van der Waals surface area (Å²) in [5.74, 6) is 0.986. The number of hydrogen-bond acceptors (Lipinski definition) is 9. The van der Waals surface area contributed by atoms with E-state index in [1.54, 1.807) is 32.2 Å². The van der Waals surface area contributed by atoms with E-state index in [-0.39, 0.29) is 24.3 Å². The van der Waals surface area contributed by atoms with Crippen LogP contribution in [0.3, 0.4) is 0 Å². The predicted molar refractivity (Wildman–Crippen MR) is 156 cm³/mol. The Morgan fingerprint density at radius 1 is 1.10 bits per heavy atom. The maximum atomic E-state index is 14.1. The third-order valence-corrected chi connectivity index (χ3v) is 7.61. The van der Waals surface area contributed by atoms with Gasteiger partial charge >= 0.3 is 5.97 Å². The van der Waals surface area contributed by atoms with Gasteiger partial charge in [0.1, 0.15) is 18.4 Å². The van der Waals surface area contributed by atoms with Gasteiger partial charge in [0.25, 0.3) is 5.56 Å². The summed E-state index contributed by atoms with van der Waals surface area (Å²) in [6.07, 6.45) is 1.78. The van der Waals surface area contributed by atoms with Gasteiger partial charge in [-0.05, 0) is 51.1 Å². The Bertz CT molecular complexity index is 1610. The van der Waals surface area contributed by atoms with Crippen LogP contribution in [0.15, 0.2) is 61.9 Å². The highest BCUT2D eigenvalue weighted by Crippen LogP contribution is 2.40. The van der Waals surface area contributed by atoms with Crippen LogP contribution in [0.25, 0.3) is 6.08 Å². The van der Waals surface area contributed by atoms with Crippen LogP contribution >= 0.6 is 27.3 Å². The molecule has 1 aromatic heterocycles. The van der Waals surface area contributed by atoms with Gasteiger partial charge in [0, 0.05) is 22.7 Å². The van der Waals surface area contributed by atoms with Gasteiger partial charge in [-0.3, -0.25) is 9.36 Å². The lowest BCUT2D eigenvalue weighted by Gasteiger charge is -2.27. The van der Waals surface area contributed by atoms with E-state index in [4.69, 9.17) is 23.7 Å². The van der Waals surface area contributed by atoms with E-state index in [2.05, 4.69) is 20.9 Å². The maximum absolute atomic E-state index is 14.1. The van der Waals surface area contributed by atoms with Crippen molar-refractivity contribution in [2.75, 3.05) is 40.6 Å². The number of carbonyl (C=O) groups is 1. The Hall–Kier alpha value is -3.41. The first-order chi connectivity index (χ1) is 19.3. The van der Waals surface area contributed by atoms with Crippen molar-refractivity contribution in [1.29, 1.82) is 0 Å². The topological polar surface area (TPSA) is 97.6 Å². The van der Waals surface area contributed by atoms with Gasteiger partial charge < -0.3 is 23.7 Å². The number of benzene rings is 2. The molecule has 0 bridgehead atoms. The fourth-order valence-corrected chi connectivity index (χ4v) is 5.86. The average molecular weight is 632 g/mol. The number of carbonyl (C=O) groups excluding carboxylic acids is 1. The Morgan fingerprint density at radius 2 is 1.88 bits per heavy atom. The number of fused-ring (bicyclic) bond motifs is 1. The second-order valence-electron chi connectivity index (χ2n) is 8.64. The van der Waals surface area contributed by atoms with Gasteiger partial charge in [-0.15, -0.1) is 0 Å². The average Bonchev–Trinajstić information content (AvgIpc) is 3.24. The lowest BCUT2D eigenvalue weighted by atomic mass is 9.94. The number of hydrogen-bond donors (Lipinski definition) is 0. The van der Waals surface area contributed by atoms with E-state index in [9.17, 15) is 9.59 Å². The third-order valence-electron chi connectivity index (χ3n) is 6.13. The number of thiazole rings is 1. The summed E-state index contributed by atoms with van der Waals surface area (Å²) in [5.41, 5.74) is 1.70. The molecule has 0 aliphatic carbocycles. The quantitative estimate of drug-likeness (QED) is 0.233. The number of ether oxygens (including phenoxy) is 5. The summed E-state index contributed by atoms with van der Waals surface area (Å²) in [7, 11) is 3.07. The highest BCUT2D eigenvalue weighted by atomic mass is 79.9. The van der Waals surface area contributed by atoms with E-state index in [1.165, 1.54) is 23.0 Å². The molecule has 212 valence electrons. The molecule has 2 aromatic carbocycles. The Balaban J connectivity index is 1.98. The molecule has 1 aliphatic rings. The highest BCUT2D eigenvalue weighted by Gasteiger charge is 2.36. The van der Waals surface area contributed by atoms with Crippen LogP contribution in [0, 0.1) is 0 Å². The molecule has 1 aliphatic heterocycles. The number of rotatable bonds is 11.